The van der Waals surface area contributed by atoms with Crippen molar-refractivity contribution in [3.05, 3.63) is 24.7 Å². The van der Waals surface area contributed by atoms with Crippen LogP contribution in [0, 0.1) is 11.3 Å². The summed E-state index contributed by atoms with van der Waals surface area (Å²) in [5.41, 5.74) is -0.192. The van der Waals surface area contributed by atoms with E-state index in [0.717, 1.165) is 0 Å². The van der Waals surface area contributed by atoms with Crippen LogP contribution >= 0.6 is 0 Å². The molecule has 0 bridgehead atoms. The molecule has 2 amide bonds. The Kier molecular flexibility index (Phi) is 5.21. The van der Waals surface area contributed by atoms with Gasteiger partial charge in [0.2, 0.25) is 11.8 Å². The summed E-state index contributed by atoms with van der Waals surface area (Å²) in [7, 11) is 0. The second-order valence-electron chi connectivity index (χ2n) is 7.93. The highest BCUT2D eigenvalue weighted by Gasteiger charge is 2.40. The zero-order valence-corrected chi connectivity index (χ0v) is 16.0. The first-order valence-corrected chi connectivity index (χ1v) is 9.03. The number of amides is 2. The van der Waals surface area contributed by atoms with Gasteiger partial charge in [-0.25, -0.2) is 14.5 Å². The van der Waals surface area contributed by atoms with Crippen molar-refractivity contribution in [2.75, 3.05) is 11.9 Å². The van der Waals surface area contributed by atoms with Crippen LogP contribution in [0.4, 0.5) is 10.5 Å². The highest BCUT2D eigenvalue weighted by Crippen LogP contribution is 2.35. The van der Waals surface area contributed by atoms with Gasteiger partial charge in [-0.2, -0.15) is 10.1 Å². The molecule has 0 aliphatic carbocycles. The van der Waals surface area contributed by atoms with Crippen molar-refractivity contribution >= 4 is 17.7 Å². The Bertz CT molecular complexity index is 861. The molecule has 150 valence electrons. The number of likely N-dealkylation sites (tertiary alicyclic amines) is 1. The van der Waals surface area contributed by atoms with Crippen LogP contribution in [0.15, 0.2) is 24.7 Å². The first-order valence-electron chi connectivity index (χ1n) is 9.03. The van der Waals surface area contributed by atoms with E-state index in [1.807, 2.05) is 20.8 Å². The average molecular weight is 388 g/mol. The molecule has 1 fully saturated rings. The zero-order valence-electron chi connectivity index (χ0n) is 16.0. The van der Waals surface area contributed by atoms with Gasteiger partial charge in [-0.3, -0.25) is 4.79 Å². The first kappa shape index (κ1) is 19.6. The standard InChI is InChI=1S/C18H24N6O4/c1-18(2,3)13-9-11(5-8-23(13)17(27)28)14(25)21-12-10-19-16(22-15(12)26)24-7-4-6-20-24/h4,6-7,10-11,13H,5,8-9H2,1-3H3,(H,21,25)(H,27,28)(H,19,22,26). The maximum Gasteiger partial charge on any atom is 0.407 e. The number of hydrogen-bond acceptors (Lipinski definition) is 6. The number of aromatic hydroxyl groups is 1. The third kappa shape index (κ3) is 4.05. The molecule has 2 aromatic heterocycles. The van der Waals surface area contributed by atoms with Gasteiger partial charge < -0.3 is 20.4 Å². The molecule has 10 nitrogen and oxygen atoms in total. The molecule has 2 atom stereocenters. The quantitative estimate of drug-likeness (QED) is 0.733. The molecule has 0 radical (unpaired) electrons. The van der Waals surface area contributed by atoms with Gasteiger partial charge in [0.15, 0.2) is 0 Å². The number of carboxylic acid groups (broad SMARTS) is 1. The summed E-state index contributed by atoms with van der Waals surface area (Å²) < 4.78 is 1.39. The fourth-order valence-electron chi connectivity index (χ4n) is 3.44. The molecule has 10 heteroatoms. The minimum atomic E-state index is -0.973. The summed E-state index contributed by atoms with van der Waals surface area (Å²) in [4.78, 5) is 33.7. The summed E-state index contributed by atoms with van der Waals surface area (Å²) in [6.07, 6.45) is 4.37. The largest absolute Gasteiger partial charge is 0.492 e. The van der Waals surface area contributed by atoms with Crippen LogP contribution in [-0.4, -0.2) is 59.4 Å². The van der Waals surface area contributed by atoms with E-state index in [4.69, 9.17) is 0 Å². The van der Waals surface area contributed by atoms with E-state index in [9.17, 15) is 19.8 Å². The van der Waals surface area contributed by atoms with E-state index in [0.29, 0.717) is 12.8 Å². The molecular formula is C18H24N6O4. The third-order valence-corrected chi connectivity index (χ3v) is 4.94. The molecular weight excluding hydrogens is 364 g/mol. The fraction of sp³-hybridized carbons (Fsp3) is 0.500. The Morgan fingerprint density at radius 3 is 2.64 bits per heavy atom. The molecule has 0 saturated carbocycles. The second-order valence-corrected chi connectivity index (χ2v) is 7.93. The summed E-state index contributed by atoms with van der Waals surface area (Å²) in [6.45, 7) is 6.17. The molecule has 3 N–H and O–H groups in total. The number of carbonyl (C=O) groups is 2. The van der Waals surface area contributed by atoms with Crippen LogP contribution in [-0.2, 0) is 4.79 Å². The molecule has 0 spiro atoms. The topological polar surface area (TPSA) is 133 Å². The molecule has 3 rings (SSSR count). The lowest BCUT2D eigenvalue weighted by Crippen LogP contribution is -2.53. The van der Waals surface area contributed by atoms with Gasteiger partial charge in [-0.1, -0.05) is 20.8 Å². The SMILES string of the molecule is CC(C)(C)C1CC(C(=O)Nc2cnc(-n3cccn3)nc2O)CCN1C(=O)O. The first-order chi connectivity index (χ1) is 13.2. The van der Waals surface area contributed by atoms with Gasteiger partial charge in [0.05, 0.1) is 6.20 Å². The van der Waals surface area contributed by atoms with Gasteiger partial charge in [-0.05, 0) is 24.3 Å². The van der Waals surface area contributed by atoms with Crippen LogP contribution in [0.3, 0.4) is 0 Å². The lowest BCUT2D eigenvalue weighted by Gasteiger charge is -2.44. The van der Waals surface area contributed by atoms with Crippen LogP contribution in [0.5, 0.6) is 5.88 Å². The summed E-state index contributed by atoms with van der Waals surface area (Å²) in [6, 6.07) is 1.42. The van der Waals surface area contributed by atoms with Gasteiger partial charge in [0, 0.05) is 30.9 Å². The van der Waals surface area contributed by atoms with Crippen LogP contribution in [0.2, 0.25) is 0 Å². The van der Waals surface area contributed by atoms with Crippen molar-refractivity contribution in [2.24, 2.45) is 11.3 Å². The predicted octanol–water partition coefficient (Wildman–Crippen LogP) is 2.11. The zero-order chi connectivity index (χ0) is 20.5. The van der Waals surface area contributed by atoms with Crippen molar-refractivity contribution in [3.8, 4) is 11.8 Å². The fourth-order valence-corrected chi connectivity index (χ4v) is 3.44. The molecule has 1 aliphatic rings. The van der Waals surface area contributed by atoms with Crippen molar-refractivity contribution in [2.45, 2.75) is 39.7 Å². The number of piperidine rings is 1. The van der Waals surface area contributed by atoms with Gasteiger partial charge in [-0.15, -0.1) is 0 Å². The highest BCUT2D eigenvalue weighted by atomic mass is 16.4. The van der Waals surface area contributed by atoms with Crippen molar-refractivity contribution in [1.29, 1.82) is 0 Å². The Hall–Kier alpha value is -3.17. The number of hydrogen-bond donors (Lipinski definition) is 3. The van der Waals surface area contributed by atoms with E-state index >= 15 is 0 Å². The maximum atomic E-state index is 12.7. The molecule has 2 aromatic rings. The summed E-state index contributed by atoms with van der Waals surface area (Å²) in [5.74, 6) is -0.831. The highest BCUT2D eigenvalue weighted by molar-refractivity contribution is 5.93. The number of carbonyl (C=O) groups excluding carboxylic acids is 1. The second kappa shape index (κ2) is 7.45. The minimum absolute atomic E-state index is 0.105. The third-order valence-electron chi connectivity index (χ3n) is 4.94. The lowest BCUT2D eigenvalue weighted by molar-refractivity contribution is -0.122. The monoisotopic (exact) mass is 388 g/mol. The van der Waals surface area contributed by atoms with Crippen molar-refractivity contribution < 1.29 is 19.8 Å². The number of aromatic nitrogens is 4. The molecule has 2 unspecified atom stereocenters. The summed E-state index contributed by atoms with van der Waals surface area (Å²) in [5, 5.41) is 26.2. The van der Waals surface area contributed by atoms with Crippen LogP contribution in [0.1, 0.15) is 33.6 Å². The Morgan fingerprint density at radius 2 is 2.07 bits per heavy atom. The van der Waals surface area contributed by atoms with Crippen molar-refractivity contribution in [3.63, 3.8) is 0 Å². The van der Waals surface area contributed by atoms with Crippen LogP contribution in [0.25, 0.3) is 5.95 Å². The molecule has 0 aromatic carbocycles. The maximum absolute atomic E-state index is 12.7. The Labute approximate surface area is 162 Å². The minimum Gasteiger partial charge on any atom is -0.492 e. The number of nitrogens with one attached hydrogen (secondary N) is 1. The van der Waals surface area contributed by atoms with E-state index in [1.54, 1.807) is 18.5 Å². The number of anilines is 1. The van der Waals surface area contributed by atoms with E-state index in [1.165, 1.54) is 15.8 Å². The van der Waals surface area contributed by atoms with Gasteiger partial charge >= 0.3 is 6.09 Å². The summed E-state index contributed by atoms with van der Waals surface area (Å²) >= 11 is 0. The molecule has 28 heavy (non-hydrogen) atoms. The molecule has 3 heterocycles. The smallest absolute Gasteiger partial charge is 0.407 e. The predicted molar refractivity (Wildman–Crippen MR) is 100 cm³/mol. The average Bonchev–Trinajstić information content (AvgIpc) is 3.16. The van der Waals surface area contributed by atoms with Crippen molar-refractivity contribution in [1.82, 2.24) is 24.6 Å². The Balaban J connectivity index is 1.72. The number of nitrogens with zero attached hydrogens (tertiary/aromatic N) is 5. The molecule has 1 saturated heterocycles. The molecule has 1 aliphatic heterocycles. The van der Waals surface area contributed by atoms with E-state index in [2.05, 4.69) is 20.4 Å². The van der Waals surface area contributed by atoms with Gasteiger partial charge in [0.25, 0.3) is 5.95 Å². The van der Waals surface area contributed by atoms with Crippen LogP contribution < -0.4 is 5.32 Å². The Morgan fingerprint density at radius 1 is 1.32 bits per heavy atom. The normalized spacial score (nSPS) is 20.0. The number of rotatable bonds is 3. The lowest BCUT2D eigenvalue weighted by atomic mass is 9.77. The van der Waals surface area contributed by atoms with E-state index < -0.39 is 6.09 Å². The van der Waals surface area contributed by atoms with E-state index in [-0.39, 0.29) is 47.3 Å². The van der Waals surface area contributed by atoms with Gasteiger partial charge in [0.1, 0.15) is 5.69 Å².